The van der Waals surface area contributed by atoms with E-state index in [-0.39, 0.29) is 0 Å². The van der Waals surface area contributed by atoms with Gasteiger partial charge in [-0.2, -0.15) is 11.8 Å². The van der Waals surface area contributed by atoms with Gasteiger partial charge in [0.2, 0.25) is 0 Å². The Hall–Kier alpha value is -0.550. The topological polar surface area (TPSA) is 16.1 Å². The number of alkyl halides is 1. The van der Waals surface area contributed by atoms with Gasteiger partial charge in [-0.1, -0.05) is 24.3 Å². The van der Waals surface area contributed by atoms with Crippen molar-refractivity contribution in [2.75, 3.05) is 24.6 Å². The molecule has 0 radical (unpaired) electrons. The summed E-state index contributed by atoms with van der Waals surface area (Å²) in [5.41, 5.74) is 3.60. The fraction of sp³-hybridized carbons (Fsp3) is 0.438. The predicted octanol–water partition coefficient (Wildman–Crippen LogP) is 4.49. The summed E-state index contributed by atoms with van der Waals surface area (Å²) >= 11 is 9.63. The molecule has 0 unspecified atom stereocenters. The van der Waals surface area contributed by atoms with Crippen LogP contribution in [0.3, 0.4) is 0 Å². The van der Waals surface area contributed by atoms with E-state index in [2.05, 4.69) is 51.3 Å². The maximum atomic E-state index is 5.87. The van der Waals surface area contributed by atoms with Crippen molar-refractivity contribution in [3.05, 3.63) is 40.9 Å². The van der Waals surface area contributed by atoms with Crippen LogP contribution in [-0.4, -0.2) is 34.5 Å². The summed E-state index contributed by atoms with van der Waals surface area (Å²) in [6.07, 6.45) is 1.29. The van der Waals surface area contributed by atoms with Crippen LogP contribution in [0.4, 0.5) is 0 Å². The van der Waals surface area contributed by atoms with Crippen molar-refractivity contribution in [2.24, 2.45) is 0 Å². The Kier molecular flexibility index (Phi) is 5.58. The van der Waals surface area contributed by atoms with Crippen molar-refractivity contribution < 1.29 is 0 Å². The lowest BCUT2D eigenvalue weighted by molar-refractivity contribution is 0.288. The van der Waals surface area contributed by atoms with Crippen molar-refractivity contribution in [2.45, 2.75) is 18.8 Å². The van der Waals surface area contributed by atoms with Gasteiger partial charge in [-0.3, -0.25) is 4.90 Å². The Morgan fingerprint density at radius 3 is 2.95 bits per heavy atom. The Bertz CT molecular complexity index is 577. The molecule has 5 heteroatoms. The molecule has 2 aromatic rings. The number of thioether (sulfide) groups is 1. The molecule has 0 spiro atoms. The second-order valence-corrected chi connectivity index (χ2v) is 7.53. The van der Waals surface area contributed by atoms with Gasteiger partial charge in [0.25, 0.3) is 0 Å². The molecule has 0 bridgehead atoms. The van der Waals surface area contributed by atoms with Gasteiger partial charge in [0.15, 0.2) is 0 Å². The van der Waals surface area contributed by atoms with E-state index in [1.807, 2.05) is 0 Å². The minimum Gasteiger partial charge on any atom is -0.298 e. The summed E-state index contributed by atoms with van der Waals surface area (Å²) in [4.78, 5) is 7.20. The number of halogens is 1. The molecule has 3 rings (SSSR count). The molecule has 1 saturated heterocycles. The smallest absolute Gasteiger partial charge is 0.123 e. The van der Waals surface area contributed by atoms with E-state index in [4.69, 9.17) is 11.6 Å². The predicted molar refractivity (Wildman–Crippen MR) is 94.3 cm³/mol. The van der Waals surface area contributed by atoms with Crippen LogP contribution in [0.5, 0.6) is 0 Å². The normalized spacial score (nSPS) is 16.8. The maximum Gasteiger partial charge on any atom is 0.123 e. The monoisotopic (exact) mass is 338 g/mol. The number of benzene rings is 1. The zero-order chi connectivity index (χ0) is 14.5. The van der Waals surface area contributed by atoms with E-state index in [1.54, 1.807) is 11.3 Å². The highest BCUT2D eigenvalue weighted by molar-refractivity contribution is 7.99. The van der Waals surface area contributed by atoms with Gasteiger partial charge in [0, 0.05) is 29.8 Å². The number of thiazole rings is 1. The second kappa shape index (κ2) is 7.63. The van der Waals surface area contributed by atoms with Crippen LogP contribution in [0.25, 0.3) is 10.6 Å². The van der Waals surface area contributed by atoms with Crippen LogP contribution in [0.1, 0.15) is 17.7 Å². The van der Waals surface area contributed by atoms with Gasteiger partial charge in [0.1, 0.15) is 5.01 Å². The summed E-state index contributed by atoms with van der Waals surface area (Å²) in [5, 5.41) is 3.15. The molecule has 21 heavy (non-hydrogen) atoms. The molecular formula is C16H19ClN2S2. The summed E-state index contributed by atoms with van der Waals surface area (Å²) in [5.74, 6) is 3.03. The first-order valence-electron chi connectivity index (χ1n) is 7.25. The van der Waals surface area contributed by atoms with E-state index in [9.17, 15) is 0 Å². The molecule has 1 aromatic heterocycles. The summed E-state index contributed by atoms with van der Waals surface area (Å²) in [6.45, 7) is 3.41. The molecule has 2 nitrogen and oxygen atoms in total. The number of rotatable bonds is 4. The summed E-state index contributed by atoms with van der Waals surface area (Å²) < 4.78 is 0. The first kappa shape index (κ1) is 15.3. The fourth-order valence-electron chi connectivity index (χ4n) is 2.56. The van der Waals surface area contributed by atoms with Crippen molar-refractivity contribution in [3.63, 3.8) is 0 Å². The highest BCUT2D eigenvalue weighted by Crippen LogP contribution is 2.28. The van der Waals surface area contributed by atoms with E-state index < -0.39 is 0 Å². The van der Waals surface area contributed by atoms with Gasteiger partial charge >= 0.3 is 0 Å². The SMILES string of the molecule is ClCc1csc(-c2ccccc2CN2CCCSCC2)n1. The third-order valence-electron chi connectivity index (χ3n) is 3.65. The van der Waals surface area contributed by atoms with Crippen LogP contribution in [-0.2, 0) is 12.4 Å². The molecule has 1 aliphatic rings. The zero-order valence-electron chi connectivity index (χ0n) is 11.9. The minimum atomic E-state index is 0.488. The highest BCUT2D eigenvalue weighted by Gasteiger charge is 2.14. The lowest BCUT2D eigenvalue weighted by Crippen LogP contribution is -2.25. The van der Waals surface area contributed by atoms with E-state index in [0.717, 1.165) is 17.2 Å². The van der Waals surface area contributed by atoms with E-state index in [1.165, 1.54) is 42.1 Å². The molecule has 2 heterocycles. The minimum absolute atomic E-state index is 0.488. The maximum absolute atomic E-state index is 5.87. The van der Waals surface area contributed by atoms with Crippen molar-refractivity contribution in [1.29, 1.82) is 0 Å². The molecule has 0 saturated carbocycles. The Morgan fingerprint density at radius 1 is 1.19 bits per heavy atom. The molecule has 0 aliphatic carbocycles. The molecule has 1 aliphatic heterocycles. The van der Waals surface area contributed by atoms with Crippen LogP contribution in [0.15, 0.2) is 29.6 Å². The van der Waals surface area contributed by atoms with Gasteiger partial charge in [0.05, 0.1) is 11.6 Å². The Labute approximate surface area is 139 Å². The van der Waals surface area contributed by atoms with Crippen LogP contribution in [0, 0.1) is 0 Å². The Balaban J connectivity index is 1.81. The molecule has 1 fully saturated rings. The van der Waals surface area contributed by atoms with Crippen molar-refractivity contribution in [3.8, 4) is 10.6 Å². The van der Waals surface area contributed by atoms with Crippen LogP contribution < -0.4 is 0 Å². The average molecular weight is 339 g/mol. The van der Waals surface area contributed by atoms with Crippen molar-refractivity contribution >= 4 is 34.7 Å². The standard InChI is InChI=1S/C16H19ClN2S2/c17-10-14-12-21-16(18-14)15-5-2-1-4-13(15)11-19-6-3-8-20-9-7-19/h1-2,4-5,12H,3,6-11H2. The van der Waals surface area contributed by atoms with Crippen LogP contribution in [0.2, 0.25) is 0 Å². The molecule has 0 atom stereocenters. The quantitative estimate of drug-likeness (QED) is 0.764. The average Bonchev–Trinajstić information content (AvgIpc) is 2.85. The third-order valence-corrected chi connectivity index (χ3v) is 5.89. The number of nitrogens with zero attached hydrogens (tertiary/aromatic N) is 2. The molecule has 112 valence electrons. The van der Waals surface area contributed by atoms with Gasteiger partial charge in [-0.05, 0) is 24.3 Å². The molecular weight excluding hydrogens is 320 g/mol. The number of hydrogen-bond acceptors (Lipinski definition) is 4. The molecule has 0 N–H and O–H groups in total. The van der Waals surface area contributed by atoms with E-state index >= 15 is 0 Å². The van der Waals surface area contributed by atoms with Gasteiger partial charge in [-0.25, -0.2) is 4.98 Å². The van der Waals surface area contributed by atoms with Crippen LogP contribution >= 0.6 is 34.7 Å². The summed E-state index contributed by atoms with van der Waals surface area (Å²) in [6, 6.07) is 8.63. The molecule has 0 amide bonds. The van der Waals surface area contributed by atoms with E-state index in [0.29, 0.717) is 5.88 Å². The van der Waals surface area contributed by atoms with Crippen molar-refractivity contribution in [1.82, 2.24) is 9.88 Å². The first-order valence-corrected chi connectivity index (χ1v) is 9.82. The molecule has 1 aromatic carbocycles. The number of aromatic nitrogens is 1. The third kappa shape index (κ3) is 4.01. The number of hydrogen-bond donors (Lipinski definition) is 0. The second-order valence-electron chi connectivity index (χ2n) is 5.18. The van der Waals surface area contributed by atoms with Gasteiger partial charge in [-0.15, -0.1) is 22.9 Å². The zero-order valence-corrected chi connectivity index (χ0v) is 14.3. The fourth-order valence-corrected chi connectivity index (χ4v) is 4.59. The lowest BCUT2D eigenvalue weighted by atomic mass is 10.1. The highest BCUT2D eigenvalue weighted by atomic mass is 35.5. The largest absolute Gasteiger partial charge is 0.298 e. The lowest BCUT2D eigenvalue weighted by Gasteiger charge is -2.20. The van der Waals surface area contributed by atoms with Gasteiger partial charge < -0.3 is 0 Å². The first-order chi connectivity index (χ1) is 10.4. The Morgan fingerprint density at radius 2 is 2.10 bits per heavy atom. The summed E-state index contributed by atoms with van der Waals surface area (Å²) in [7, 11) is 0.